The first-order valence-electron chi connectivity index (χ1n) is 0.447. The Morgan fingerprint density at radius 1 is 1.20 bits per heavy atom. The average Bonchev–Trinajstić information content (AvgIpc) is 1.00. The average molecular weight is 148 g/mol. The molecule has 0 radical (unpaired) electrons. The molecule has 5 heavy (non-hydrogen) atoms. The van der Waals surface area contributed by atoms with Crippen molar-refractivity contribution in [1.29, 1.82) is 0 Å². The molecule has 4 heteroatoms. The van der Waals surface area contributed by atoms with Gasteiger partial charge in [-0.25, -0.2) is 0 Å². The molecule has 0 saturated carbocycles. The summed E-state index contributed by atoms with van der Waals surface area (Å²) in [5.74, 6) is 0. The maximum atomic E-state index is 7.00. The van der Waals surface area contributed by atoms with Crippen LogP contribution in [-0.2, 0) is 19.5 Å². The fourth-order valence-electron chi connectivity index (χ4n) is 0. The van der Waals surface area contributed by atoms with Gasteiger partial charge in [0, 0.05) is 26.6 Å². The largest absolute Gasteiger partial charge is 0.412 e. The molecule has 2 nitrogen and oxygen atoms in total. The molecule has 0 aliphatic rings. The van der Waals surface area contributed by atoms with Gasteiger partial charge in [0.2, 0.25) is 0 Å². The van der Waals surface area contributed by atoms with E-state index in [0.29, 0.717) is 0 Å². The maximum Gasteiger partial charge on any atom is 0.0319 e. The molecule has 0 spiro atoms. The monoisotopic (exact) mass is 146 g/mol. The molecular formula is CH10O2SiZn. The molecule has 0 aromatic carbocycles. The van der Waals surface area contributed by atoms with Crippen molar-refractivity contribution in [3.05, 3.63) is 0 Å². The molecule has 32 valence electrons. The number of aliphatic hydroxyl groups excluding tert-OH is 1. The number of hydrogen-bond acceptors (Lipinski definition) is 1. The van der Waals surface area contributed by atoms with Crippen molar-refractivity contribution in [3.63, 3.8) is 0 Å². The zero-order valence-corrected chi connectivity index (χ0v) is 5.62. The first kappa shape index (κ1) is 42.1. The quantitative estimate of drug-likeness (QED) is 0.374. The minimum Gasteiger partial charge on any atom is -0.412 e. The Morgan fingerprint density at radius 2 is 1.20 bits per heavy atom. The Balaban J connectivity index is -0.00000000167. The molecule has 0 saturated heterocycles. The van der Waals surface area contributed by atoms with Crippen molar-refractivity contribution in [2.45, 2.75) is 0 Å². The van der Waals surface area contributed by atoms with E-state index >= 15 is 0 Å². The second kappa shape index (κ2) is 116. The zero-order valence-electron chi connectivity index (χ0n) is 2.65. The summed E-state index contributed by atoms with van der Waals surface area (Å²) in [6.07, 6.45) is 0. The smallest absolute Gasteiger partial charge is 0.0319 e. The summed E-state index contributed by atoms with van der Waals surface area (Å²) in [6, 6.07) is 0. The van der Waals surface area contributed by atoms with E-state index in [-0.39, 0.29) is 35.9 Å². The van der Waals surface area contributed by atoms with Crippen molar-refractivity contribution in [1.82, 2.24) is 0 Å². The molecule has 0 atom stereocenters. The summed E-state index contributed by atoms with van der Waals surface area (Å²) in [6.45, 7) is 0. The van der Waals surface area contributed by atoms with Crippen LogP contribution in [0.5, 0.6) is 0 Å². The summed E-state index contributed by atoms with van der Waals surface area (Å²) in [5, 5.41) is 7.00. The van der Waals surface area contributed by atoms with Gasteiger partial charge in [-0.15, -0.1) is 0 Å². The van der Waals surface area contributed by atoms with Gasteiger partial charge in [-0.3, -0.25) is 0 Å². The van der Waals surface area contributed by atoms with E-state index in [0.717, 1.165) is 7.11 Å². The second-order valence-electron chi connectivity index (χ2n) is 0. The molecule has 0 aliphatic heterocycles. The van der Waals surface area contributed by atoms with Crippen LogP contribution in [0.25, 0.3) is 0 Å². The Bertz CT molecular complexity index is 9.61. The van der Waals surface area contributed by atoms with Gasteiger partial charge < -0.3 is 10.6 Å². The molecule has 0 aromatic heterocycles. The molecule has 0 heterocycles. The second-order valence-corrected chi connectivity index (χ2v) is 0. The van der Waals surface area contributed by atoms with Crippen LogP contribution in [0.15, 0.2) is 0 Å². The van der Waals surface area contributed by atoms with E-state index in [1.807, 2.05) is 0 Å². The van der Waals surface area contributed by atoms with Crippen molar-refractivity contribution < 1.29 is 30.1 Å². The van der Waals surface area contributed by atoms with Crippen LogP contribution in [0, 0.1) is 0 Å². The molecule has 0 amide bonds. The molecule has 0 rings (SSSR count). The van der Waals surface area contributed by atoms with E-state index in [1.54, 1.807) is 0 Å². The Labute approximate surface area is 48.7 Å². The summed E-state index contributed by atoms with van der Waals surface area (Å²) in [5.41, 5.74) is 0. The Kier molecular flexibility index (Phi) is 981. The maximum absolute atomic E-state index is 7.00. The zero-order chi connectivity index (χ0) is 2.00. The molecule has 0 unspecified atom stereocenters. The third-order valence-electron chi connectivity index (χ3n) is 0. The van der Waals surface area contributed by atoms with Crippen LogP contribution in [0.2, 0.25) is 0 Å². The van der Waals surface area contributed by atoms with Gasteiger partial charge in [-0.1, -0.05) is 0 Å². The predicted molar refractivity (Wildman–Crippen MR) is 23.1 cm³/mol. The molecule has 0 fully saturated rings. The van der Waals surface area contributed by atoms with E-state index in [9.17, 15) is 0 Å². The van der Waals surface area contributed by atoms with E-state index in [2.05, 4.69) is 0 Å². The Hall–Kier alpha value is 0.760. The van der Waals surface area contributed by atoms with Gasteiger partial charge in [0.05, 0.1) is 0 Å². The molecule has 0 aromatic rings. The minimum absolute atomic E-state index is 0. The van der Waals surface area contributed by atoms with Crippen LogP contribution in [-0.4, -0.2) is 28.7 Å². The minimum atomic E-state index is 0. The summed E-state index contributed by atoms with van der Waals surface area (Å²) in [4.78, 5) is 0. The first-order chi connectivity index (χ1) is 1.00. The van der Waals surface area contributed by atoms with E-state index in [1.165, 1.54) is 0 Å². The summed E-state index contributed by atoms with van der Waals surface area (Å²) < 4.78 is 0. The van der Waals surface area contributed by atoms with Crippen molar-refractivity contribution in [2.24, 2.45) is 0 Å². The van der Waals surface area contributed by atoms with E-state index in [4.69, 9.17) is 5.11 Å². The van der Waals surface area contributed by atoms with Gasteiger partial charge in [0.25, 0.3) is 0 Å². The van der Waals surface area contributed by atoms with Crippen molar-refractivity contribution in [2.75, 3.05) is 7.11 Å². The van der Waals surface area contributed by atoms with Gasteiger partial charge in [0.15, 0.2) is 0 Å². The topological polar surface area (TPSA) is 51.7 Å². The first-order valence-corrected chi connectivity index (χ1v) is 0.447. The van der Waals surface area contributed by atoms with Crippen LogP contribution < -0.4 is 0 Å². The standard InChI is InChI=1S/CH4O.H2O.H4Si.Zn/c1-2;;;/h2H,1H3;1H2;1H4;. The molecule has 0 aliphatic carbocycles. The third kappa shape index (κ3) is 62.7. The van der Waals surface area contributed by atoms with Gasteiger partial charge in [-0.05, 0) is 11.0 Å². The third-order valence-corrected chi connectivity index (χ3v) is 0. The van der Waals surface area contributed by atoms with Crippen LogP contribution >= 0.6 is 0 Å². The van der Waals surface area contributed by atoms with Crippen LogP contribution in [0.4, 0.5) is 0 Å². The molecular weight excluding hydrogens is 137 g/mol. The van der Waals surface area contributed by atoms with Crippen LogP contribution in [0.1, 0.15) is 0 Å². The molecule has 3 N–H and O–H groups in total. The number of hydrogen-bond donors (Lipinski definition) is 1. The van der Waals surface area contributed by atoms with Crippen molar-refractivity contribution >= 4 is 11.0 Å². The Morgan fingerprint density at radius 3 is 1.20 bits per heavy atom. The SMILES string of the molecule is CO.O.[SiH4].[Zn]. The number of rotatable bonds is 0. The fraction of sp³-hybridized carbons (Fsp3) is 1.00. The number of aliphatic hydroxyl groups is 1. The normalized spacial score (nSPS) is 1.20. The van der Waals surface area contributed by atoms with Gasteiger partial charge >= 0.3 is 0 Å². The van der Waals surface area contributed by atoms with Gasteiger partial charge in [0.1, 0.15) is 0 Å². The summed E-state index contributed by atoms with van der Waals surface area (Å²) >= 11 is 0. The fourth-order valence-corrected chi connectivity index (χ4v) is 0. The molecule has 0 bridgehead atoms. The van der Waals surface area contributed by atoms with Crippen molar-refractivity contribution in [3.8, 4) is 0 Å². The van der Waals surface area contributed by atoms with Crippen LogP contribution in [0.3, 0.4) is 0 Å². The van der Waals surface area contributed by atoms with Gasteiger partial charge in [-0.2, -0.15) is 0 Å². The van der Waals surface area contributed by atoms with E-state index < -0.39 is 0 Å². The predicted octanol–water partition coefficient (Wildman–Crippen LogP) is -2.67. The summed E-state index contributed by atoms with van der Waals surface area (Å²) in [7, 11) is 1.00.